The molecule has 1 N–H and O–H groups in total. The number of benzene rings is 2. The van der Waals surface area contributed by atoms with Crippen LogP contribution in [-0.2, 0) is 0 Å². The molecule has 0 saturated carbocycles. The molecule has 4 aromatic rings. The van der Waals surface area contributed by atoms with Crippen LogP contribution in [-0.4, -0.2) is 15.8 Å². The second-order valence-electron chi connectivity index (χ2n) is 6.56. The van der Waals surface area contributed by atoms with Crippen LogP contribution < -0.4 is 5.56 Å². The van der Waals surface area contributed by atoms with Crippen molar-refractivity contribution in [3.63, 3.8) is 0 Å². The van der Waals surface area contributed by atoms with Gasteiger partial charge in [-0.1, -0.05) is 41.9 Å². The Kier molecular flexibility index (Phi) is 4.99. The Balaban J connectivity index is 1.96. The maximum atomic E-state index is 13.0. The predicted molar refractivity (Wildman–Crippen MR) is 115 cm³/mol. The van der Waals surface area contributed by atoms with Gasteiger partial charge in [-0.15, -0.1) is 0 Å². The van der Waals surface area contributed by atoms with Crippen LogP contribution in [0.15, 0.2) is 71.7 Å². The molecular weight excluding hydrogens is 384 g/mol. The minimum Gasteiger partial charge on any atom is -0.321 e. The van der Waals surface area contributed by atoms with Crippen molar-refractivity contribution in [2.75, 3.05) is 0 Å². The molecule has 0 saturated heterocycles. The van der Waals surface area contributed by atoms with Gasteiger partial charge in [-0.25, -0.2) is 4.98 Å². The van der Waals surface area contributed by atoms with Crippen LogP contribution in [0.3, 0.4) is 0 Å². The lowest BCUT2D eigenvalue weighted by atomic mass is 9.94. The number of hydrogen-bond acceptors (Lipinski definition) is 3. The van der Waals surface area contributed by atoms with Crippen LogP contribution in [0.4, 0.5) is 0 Å². The summed E-state index contributed by atoms with van der Waals surface area (Å²) in [4.78, 5) is 32.7. The van der Waals surface area contributed by atoms with Crippen molar-refractivity contribution in [3.8, 4) is 23.0 Å². The number of rotatable bonds is 2. The zero-order valence-corrected chi connectivity index (χ0v) is 16.2. The van der Waals surface area contributed by atoms with E-state index in [1.807, 2.05) is 43.3 Å². The maximum absolute atomic E-state index is 13.0. The SMILES string of the molecule is Cc1ccnc(C#CC(=O)c2c(-c3ccccc3)c3cc(Cl)ccc3[nH]c2=O)c1. The van der Waals surface area contributed by atoms with E-state index in [-0.39, 0.29) is 5.56 Å². The Morgan fingerprint density at radius 1 is 1.07 bits per heavy atom. The monoisotopic (exact) mass is 398 g/mol. The molecule has 2 aromatic carbocycles. The van der Waals surface area contributed by atoms with Gasteiger partial charge in [0.05, 0.1) is 0 Å². The lowest BCUT2D eigenvalue weighted by Gasteiger charge is -2.11. The summed E-state index contributed by atoms with van der Waals surface area (Å²) in [5.41, 5.74) is 2.82. The van der Waals surface area contributed by atoms with Crippen LogP contribution in [0, 0.1) is 18.8 Å². The van der Waals surface area contributed by atoms with E-state index in [2.05, 4.69) is 21.8 Å². The van der Waals surface area contributed by atoms with E-state index >= 15 is 0 Å². The third-order valence-corrected chi connectivity index (χ3v) is 4.72. The van der Waals surface area contributed by atoms with E-state index in [9.17, 15) is 9.59 Å². The number of aryl methyl sites for hydroxylation is 1. The molecule has 140 valence electrons. The van der Waals surface area contributed by atoms with Crippen molar-refractivity contribution < 1.29 is 4.79 Å². The first kappa shape index (κ1) is 18.7. The number of carbonyl (C=O) groups excluding carboxylic acids is 1. The summed E-state index contributed by atoms with van der Waals surface area (Å²) in [6.45, 7) is 1.92. The number of fused-ring (bicyclic) bond motifs is 1. The topological polar surface area (TPSA) is 62.8 Å². The summed E-state index contributed by atoms with van der Waals surface area (Å²) in [5, 5.41) is 1.19. The summed E-state index contributed by atoms with van der Waals surface area (Å²) in [5.74, 6) is 4.75. The smallest absolute Gasteiger partial charge is 0.261 e. The number of nitrogens with zero attached hydrogens (tertiary/aromatic N) is 1. The van der Waals surface area contributed by atoms with Gasteiger partial charge in [-0.2, -0.15) is 0 Å². The van der Waals surface area contributed by atoms with Crippen LogP contribution in [0.5, 0.6) is 0 Å². The lowest BCUT2D eigenvalue weighted by Crippen LogP contribution is -2.19. The van der Waals surface area contributed by atoms with E-state index in [1.54, 1.807) is 30.5 Å². The van der Waals surface area contributed by atoms with Gasteiger partial charge in [0.15, 0.2) is 0 Å². The van der Waals surface area contributed by atoms with Gasteiger partial charge in [0, 0.05) is 27.7 Å². The average Bonchev–Trinajstić information content (AvgIpc) is 2.72. The van der Waals surface area contributed by atoms with Crippen LogP contribution in [0.2, 0.25) is 5.02 Å². The van der Waals surface area contributed by atoms with Crippen molar-refractivity contribution >= 4 is 28.3 Å². The molecule has 4 rings (SSSR count). The molecule has 0 unspecified atom stereocenters. The fraction of sp³-hybridized carbons (Fsp3) is 0.0417. The highest BCUT2D eigenvalue weighted by Crippen LogP contribution is 2.31. The molecule has 0 aliphatic rings. The molecule has 0 spiro atoms. The number of nitrogens with one attached hydrogen (secondary N) is 1. The van der Waals surface area contributed by atoms with Crippen molar-refractivity contribution in [1.82, 2.24) is 9.97 Å². The highest BCUT2D eigenvalue weighted by molar-refractivity contribution is 6.31. The molecule has 0 atom stereocenters. The lowest BCUT2D eigenvalue weighted by molar-refractivity contribution is 0.105. The van der Waals surface area contributed by atoms with Crippen LogP contribution in [0.25, 0.3) is 22.0 Å². The molecule has 29 heavy (non-hydrogen) atoms. The Hall–Kier alpha value is -3.68. The molecule has 0 aliphatic carbocycles. The predicted octanol–water partition coefficient (Wildman–Crippen LogP) is 4.79. The van der Waals surface area contributed by atoms with Gasteiger partial charge in [-0.05, 0) is 60.2 Å². The van der Waals surface area contributed by atoms with E-state index in [1.165, 1.54) is 0 Å². The van der Waals surface area contributed by atoms with E-state index < -0.39 is 11.3 Å². The number of halogens is 1. The number of pyridine rings is 2. The second kappa shape index (κ2) is 7.75. The standard InChI is InChI=1S/C24H15ClN2O2/c1-15-11-12-26-18(13-15)8-10-21(28)23-22(16-5-3-2-4-6-16)19-14-17(25)7-9-20(19)27-24(23)29/h2-7,9,11-14H,1H3,(H,27,29). The highest BCUT2D eigenvalue weighted by atomic mass is 35.5. The molecular formula is C24H15ClN2O2. The number of aromatic nitrogens is 2. The fourth-order valence-corrected chi connectivity index (χ4v) is 3.35. The summed E-state index contributed by atoms with van der Waals surface area (Å²) < 4.78 is 0. The maximum Gasteiger partial charge on any atom is 0.261 e. The number of Topliss-reactive ketones (excluding diaryl/α,β-unsaturated/α-hetero) is 1. The van der Waals surface area contributed by atoms with E-state index in [0.717, 1.165) is 11.1 Å². The Morgan fingerprint density at radius 3 is 2.62 bits per heavy atom. The highest BCUT2D eigenvalue weighted by Gasteiger charge is 2.19. The quantitative estimate of drug-likeness (QED) is 0.390. The Morgan fingerprint density at radius 2 is 1.86 bits per heavy atom. The van der Waals surface area contributed by atoms with Gasteiger partial charge in [0.2, 0.25) is 5.78 Å². The van der Waals surface area contributed by atoms with E-state index in [0.29, 0.717) is 27.2 Å². The third kappa shape index (κ3) is 3.82. The summed E-state index contributed by atoms with van der Waals surface area (Å²) in [7, 11) is 0. The van der Waals surface area contributed by atoms with E-state index in [4.69, 9.17) is 11.6 Å². The molecule has 5 heteroatoms. The van der Waals surface area contributed by atoms with Gasteiger partial charge in [0.25, 0.3) is 5.56 Å². The van der Waals surface area contributed by atoms with Gasteiger partial charge >= 0.3 is 0 Å². The minimum absolute atomic E-state index is 0.00822. The third-order valence-electron chi connectivity index (χ3n) is 4.49. The molecule has 2 heterocycles. The number of aromatic amines is 1. The fourth-order valence-electron chi connectivity index (χ4n) is 3.17. The number of ketones is 1. The van der Waals surface area contributed by atoms with Gasteiger partial charge in [-0.3, -0.25) is 9.59 Å². The number of hydrogen-bond donors (Lipinski definition) is 1. The molecule has 0 bridgehead atoms. The first-order chi connectivity index (χ1) is 14.0. The summed E-state index contributed by atoms with van der Waals surface area (Å²) in [6, 6.07) is 18.1. The number of carbonyl (C=O) groups is 1. The van der Waals surface area contributed by atoms with Crippen LogP contribution >= 0.6 is 11.6 Å². The minimum atomic E-state index is -0.574. The first-order valence-corrected chi connectivity index (χ1v) is 9.31. The van der Waals surface area contributed by atoms with Gasteiger partial charge in [0.1, 0.15) is 11.3 Å². The Bertz CT molecular complexity index is 1360. The van der Waals surface area contributed by atoms with Crippen molar-refractivity contribution in [2.45, 2.75) is 6.92 Å². The number of H-pyrrole nitrogens is 1. The van der Waals surface area contributed by atoms with Crippen molar-refractivity contribution in [2.24, 2.45) is 0 Å². The van der Waals surface area contributed by atoms with Crippen molar-refractivity contribution in [1.29, 1.82) is 0 Å². The van der Waals surface area contributed by atoms with Crippen LogP contribution in [0.1, 0.15) is 21.6 Å². The van der Waals surface area contributed by atoms with Crippen molar-refractivity contribution in [3.05, 3.63) is 99.1 Å². The molecule has 0 radical (unpaired) electrons. The molecule has 4 nitrogen and oxygen atoms in total. The average molecular weight is 399 g/mol. The molecule has 2 aromatic heterocycles. The zero-order chi connectivity index (χ0) is 20.4. The summed E-state index contributed by atoms with van der Waals surface area (Å²) in [6.07, 6.45) is 1.63. The summed E-state index contributed by atoms with van der Waals surface area (Å²) >= 11 is 6.19. The second-order valence-corrected chi connectivity index (χ2v) is 6.99. The first-order valence-electron chi connectivity index (χ1n) is 8.93. The molecule has 0 fully saturated rings. The zero-order valence-electron chi connectivity index (χ0n) is 15.5. The normalized spacial score (nSPS) is 10.4. The Labute approximate surface area is 172 Å². The molecule has 0 aliphatic heterocycles. The van der Waals surface area contributed by atoms with Gasteiger partial charge < -0.3 is 4.98 Å². The molecule has 0 amide bonds. The largest absolute Gasteiger partial charge is 0.321 e.